The van der Waals surface area contributed by atoms with Crippen LogP contribution in [-0.4, -0.2) is 73.4 Å². The third kappa shape index (κ3) is 3.73. The molecule has 8 rings (SSSR count). The Hall–Kier alpha value is -3.05. The molecule has 3 aliphatic carbocycles. The van der Waals surface area contributed by atoms with Crippen LogP contribution in [0.15, 0.2) is 9.32 Å². The van der Waals surface area contributed by atoms with Crippen LogP contribution in [0.1, 0.15) is 82.0 Å². The summed E-state index contributed by atoms with van der Waals surface area (Å²) in [6, 6.07) is 0.819. The summed E-state index contributed by atoms with van der Waals surface area (Å²) in [5.74, 6) is 2.25. The largest absolute Gasteiger partial charge is 0.471 e. The Morgan fingerprint density at radius 2 is 1.93 bits per heavy atom. The van der Waals surface area contributed by atoms with Crippen molar-refractivity contribution in [3.63, 3.8) is 0 Å². The summed E-state index contributed by atoms with van der Waals surface area (Å²) in [6.07, 6.45) is 8.81. The molecule has 5 heterocycles. The predicted molar refractivity (Wildman–Crippen MR) is 149 cm³/mol. The van der Waals surface area contributed by atoms with Gasteiger partial charge in [0.1, 0.15) is 17.6 Å². The fourth-order valence-corrected chi connectivity index (χ4v) is 8.34. The average Bonchev–Trinajstić information content (AvgIpc) is 3.31. The number of ketones is 1. The molecule has 2 saturated heterocycles. The van der Waals surface area contributed by atoms with Crippen LogP contribution in [0.5, 0.6) is 5.88 Å². The lowest BCUT2D eigenvalue weighted by molar-refractivity contribution is -0.127. The Morgan fingerprint density at radius 3 is 2.68 bits per heavy atom. The van der Waals surface area contributed by atoms with Crippen LogP contribution in [0.25, 0.3) is 22.7 Å². The van der Waals surface area contributed by atoms with Crippen molar-refractivity contribution in [1.29, 1.82) is 0 Å². The molecule has 6 atom stereocenters. The number of ether oxygens (including phenoxy) is 2. The Balaban J connectivity index is 1.27. The maximum atomic E-state index is 13.6. The van der Waals surface area contributed by atoms with Crippen molar-refractivity contribution in [2.75, 3.05) is 20.3 Å². The second-order valence-electron chi connectivity index (χ2n) is 13.0. The molecule has 0 radical (unpaired) electrons. The maximum absolute atomic E-state index is 13.6. The fourth-order valence-electron chi connectivity index (χ4n) is 8.34. The summed E-state index contributed by atoms with van der Waals surface area (Å²) in [5.41, 5.74) is 2.07. The number of rotatable bonds is 5. The molecule has 41 heavy (non-hydrogen) atoms. The number of nitrogens with zero attached hydrogens (tertiary/aromatic N) is 6. The molecule has 3 aromatic heterocycles. The van der Waals surface area contributed by atoms with Crippen molar-refractivity contribution in [3.8, 4) is 17.5 Å². The third-order valence-electron chi connectivity index (χ3n) is 10.7. The van der Waals surface area contributed by atoms with Crippen LogP contribution < -0.4 is 10.4 Å². The Kier molecular flexibility index (Phi) is 5.77. The zero-order chi connectivity index (χ0) is 28.0. The normalized spacial score (nSPS) is 32.0. The lowest BCUT2D eigenvalue weighted by Crippen LogP contribution is -2.41. The average molecular weight is 563 g/mol. The molecular weight excluding hydrogens is 524 g/mol. The molecule has 11 nitrogen and oxygen atoms in total. The molecule has 1 spiro atoms. The van der Waals surface area contributed by atoms with Gasteiger partial charge in [0.2, 0.25) is 17.5 Å². The zero-order valence-corrected chi connectivity index (χ0v) is 24.1. The van der Waals surface area contributed by atoms with Gasteiger partial charge in [0.25, 0.3) is 0 Å². The van der Waals surface area contributed by atoms with Crippen molar-refractivity contribution < 1.29 is 18.8 Å². The van der Waals surface area contributed by atoms with E-state index in [1.165, 1.54) is 6.42 Å². The summed E-state index contributed by atoms with van der Waals surface area (Å²) in [5, 5.41) is 4.52. The maximum Gasteiger partial charge on any atom is 0.330 e. The lowest BCUT2D eigenvalue weighted by atomic mass is 9.64. The highest BCUT2D eigenvalue weighted by Crippen LogP contribution is 2.49. The number of likely N-dealkylation sites (tertiary alicyclic amines) is 1. The van der Waals surface area contributed by atoms with Gasteiger partial charge >= 0.3 is 5.69 Å². The van der Waals surface area contributed by atoms with Crippen LogP contribution in [0, 0.1) is 5.92 Å². The van der Waals surface area contributed by atoms with E-state index in [0.717, 1.165) is 68.5 Å². The van der Waals surface area contributed by atoms with Gasteiger partial charge in [0, 0.05) is 37.7 Å². The monoisotopic (exact) mass is 562 g/mol. The number of likely N-dealkylation sites (N-methyl/N-ethyl adjacent to an activating group) is 1. The molecule has 2 saturated carbocycles. The van der Waals surface area contributed by atoms with Crippen LogP contribution in [0.4, 0.5) is 0 Å². The first kappa shape index (κ1) is 25.6. The van der Waals surface area contributed by atoms with Crippen molar-refractivity contribution in [3.05, 3.63) is 21.7 Å². The third-order valence-corrected chi connectivity index (χ3v) is 10.7. The highest BCUT2D eigenvalue weighted by atomic mass is 16.5. The molecule has 2 aliphatic heterocycles. The molecule has 0 unspecified atom stereocenters. The van der Waals surface area contributed by atoms with E-state index in [2.05, 4.69) is 24.0 Å². The van der Waals surface area contributed by atoms with E-state index < -0.39 is 5.41 Å². The molecule has 0 bridgehead atoms. The summed E-state index contributed by atoms with van der Waals surface area (Å²) in [4.78, 5) is 39.2. The molecule has 3 aromatic rings. The summed E-state index contributed by atoms with van der Waals surface area (Å²) in [6.45, 7) is 3.16. The van der Waals surface area contributed by atoms with E-state index in [1.54, 1.807) is 16.2 Å². The predicted octanol–water partition coefficient (Wildman–Crippen LogP) is 3.32. The topological polar surface area (TPSA) is 118 Å². The first-order chi connectivity index (χ1) is 19.9. The molecule has 11 heteroatoms. The van der Waals surface area contributed by atoms with Crippen LogP contribution in [0.3, 0.4) is 0 Å². The number of piperidine rings is 1. The number of hydrogen-bond acceptors (Lipinski definition) is 9. The van der Waals surface area contributed by atoms with E-state index >= 15 is 0 Å². The molecule has 218 valence electrons. The zero-order valence-electron chi connectivity index (χ0n) is 24.1. The molecule has 0 N–H and O–H groups in total. The second-order valence-corrected chi connectivity index (χ2v) is 13.0. The van der Waals surface area contributed by atoms with Gasteiger partial charge in [0.05, 0.1) is 18.1 Å². The Bertz CT molecular complexity index is 1600. The van der Waals surface area contributed by atoms with Crippen molar-refractivity contribution >= 4 is 16.9 Å². The number of fused-ring (bicyclic) bond motifs is 4. The van der Waals surface area contributed by atoms with Crippen LogP contribution in [-0.2, 0) is 28.4 Å². The minimum atomic E-state index is -0.560. The SMILES string of the molecule is C[C@H](Oc1nc(-c2onc3c2CCC[C@@]32CCCCC2=O)nc2c1n(C)c(=O)n2[C@@H]1CCOC1)[C@@H]1C[C@@H]2C[C@@H]2N1C. The van der Waals surface area contributed by atoms with Crippen molar-refractivity contribution in [2.24, 2.45) is 13.0 Å². The molecule has 5 aliphatic rings. The Labute approximate surface area is 238 Å². The number of imidazole rings is 1. The molecular formula is C30H38N6O5. The molecule has 0 aromatic carbocycles. The second kappa shape index (κ2) is 9.22. The highest BCUT2D eigenvalue weighted by Gasteiger charge is 2.52. The van der Waals surface area contributed by atoms with E-state index in [-0.39, 0.29) is 29.7 Å². The van der Waals surface area contributed by atoms with Gasteiger partial charge in [-0.3, -0.25) is 18.8 Å². The van der Waals surface area contributed by atoms with E-state index in [0.29, 0.717) is 54.3 Å². The van der Waals surface area contributed by atoms with Gasteiger partial charge in [-0.05, 0) is 71.3 Å². The van der Waals surface area contributed by atoms with Gasteiger partial charge in [-0.1, -0.05) is 11.6 Å². The lowest BCUT2D eigenvalue weighted by Gasteiger charge is -2.37. The van der Waals surface area contributed by atoms with Crippen LogP contribution >= 0.6 is 0 Å². The van der Waals surface area contributed by atoms with Gasteiger partial charge in [-0.15, -0.1) is 0 Å². The number of carbonyl (C=O) groups excluding carboxylic acids is 1. The van der Waals surface area contributed by atoms with Gasteiger partial charge in [0.15, 0.2) is 11.2 Å². The van der Waals surface area contributed by atoms with E-state index in [1.807, 2.05) is 0 Å². The number of hydrogen-bond donors (Lipinski definition) is 0. The number of carbonyl (C=O) groups is 1. The standard InChI is InChI=1S/C30H38N6O5/c1-16(20-13-17-14-21(17)34(20)2)40-28-23-27(36(29(38)35(23)3)18-9-12-39-15-18)31-26(32-28)24-19-7-6-11-30(25(19)33-41-24)10-5-4-8-22(30)37/h16-18,20-21H,4-15H2,1-3H3/t16-,17+,18+,20-,21-,30+/m0/s1. The van der Waals surface area contributed by atoms with Crippen molar-refractivity contribution in [2.45, 2.75) is 101 Å². The van der Waals surface area contributed by atoms with E-state index in [4.69, 9.17) is 24.0 Å². The number of aromatic nitrogens is 5. The fraction of sp³-hybridized carbons (Fsp3) is 0.700. The van der Waals surface area contributed by atoms with Gasteiger partial charge < -0.3 is 14.0 Å². The van der Waals surface area contributed by atoms with Crippen LogP contribution in [0.2, 0.25) is 0 Å². The molecule has 0 amide bonds. The number of Topliss-reactive ketones (excluding diaryl/α,β-unsaturated/α-hetero) is 1. The van der Waals surface area contributed by atoms with E-state index in [9.17, 15) is 9.59 Å². The molecule has 4 fully saturated rings. The number of aryl methyl sites for hydroxylation is 1. The minimum absolute atomic E-state index is 0.112. The minimum Gasteiger partial charge on any atom is -0.471 e. The van der Waals surface area contributed by atoms with Gasteiger partial charge in [-0.2, -0.15) is 4.98 Å². The first-order valence-corrected chi connectivity index (χ1v) is 15.4. The summed E-state index contributed by atoms with van der Waals surface area (Å²) >= 11 is 0. The smallest absolute Gasteiger partial charge is 0.330 e. The first-order valence-electron chi connectivity index (χ1n) is 15.4. The highest BCUT2D eigenvalue weighted by molar-refractivity contribution is 5.91. The van der Waals surface area contributed by atoms with Gasteiger partial charge in [-0.25, -0.2) is 9.78 Å². The quantitative estimate of drug-likeness (QED) is 0.461. The van der Waals surface area contributed by atoms with Crippen molar-refractivity contribution in [1.82, 2.24) is 29.2 Å². The summed E-state index contributed by atoms with van der Waals surface area (Å²) < 4.78 is 21.7. The Morgan fingerprint density at radius 1 is 1.07 bits per heavy atom. The summed E-state index contributed by atoms with van der Waals surface area (Å²) in [7, 11) is 3.93.